The minimum Gasteiger partial charge on any atom is -0.486 e. The van der Waals surface area contributed by atoms with Crippen molar-refractivity contribution in [2.75, 3.05) is 10.6 Å². The lowest BCUT2D eigenvalue weighted by Crippen LogP contribution is -2.19. The van der Waals surface area contributed by atoms with E-state index in [1.54, 1.807) is 0 Å². The average molecular weight is 411 g/mol. The fraction of sp³-hybridized carbons (Fsp3) is 0.318. The highest BCUT2D eigenvalue weighted by atomic mass is 32.1. The van der Waals surface area contributed by atoms with Crippen molar-refractivity contribution in [3.8, 4) is 5.75 Å². The van der Waals surface area contributed by atoms with Gasteiger partial charge in [0.05, 0.1) is 0 Å². The first-order chi connectivity index (χ1) is 13.7. The maximum absolute atomic E-state index is 12.2. The topological polar surface area (TPSA) is 76.1 Å². The van der Waals surface area contributed by atoms with E-state index in [1.165, 1.54) is 16.9 Å². The first-order valence-electron chi connectivity index (χ1n) is 9.42. The molecule has 2 N–H and O–H groups in total. The van der Waals surface area contributed by atoms with Gasteiger partial charge in [-0.25, -0.2) is 4.79 Å². The molecule has 29 heavy (non-hydrogen) atoms. The van der Waals surface area contributed by atoms with Gasteiger partial charge in [0, 0.05) is 5.69 Å². The van der Waals surface area contributed by atoms with Gasteiger partial charge in [0.15, 0.2) is 5.01 Å². The molecule has 3 rings (SSSR count). The number of ether oxygens (including phenoxy) is 1. The van der Waals surface area contributed by atoms with Crippen LogP contribution in [-0.2, 0) is 12.0 Å². The molecule has 7 heteroatoms. The molecule has 0 atom stereocenters. The lowest BCUT2D eigenvalue weighted by atomic mass is 9.87. The van der Waals surface area contributed by atoms with Crippen LogP contribution >= 0.6 is 11.3 Å². The minimum atomic E-state index is -0.355. The van der Waals surface area contributed by atoms with Crippen molar-refractivity contribution in [2.24, 2.45) is 0 Å². The van der Waals surface area contributed by atoms with Crippen LogP contribution in [0.2, 0.25) is 0 Å². The number of benzene rings is 2. The molecule has 0 bridgehead atoms. The molecule has 152 valence electrons. The number of urea groups is 1. The largest absolute Gasteiger partial charge is 0.486 e. The minimum absolute atomic E-state index is 0.0722. The van der Waals surface area contributed by atoms with Crippen LogP contribution < -0.4 is 15.4 Å². The number of hydrogen-bond donors (Lipinski definition) is 2. The quantitative estimate of drug-likeness (QED) is 0.568. The second kappa shape index (κ2) is 8.61. The standard InChI is InChI=1S/C22H26N4O2S/c1-14-6-7-15(2)18(12-14)28-13-19-25-26-21(29-19)24-20(27)23-17-10-8-16(9-11-17)22(3,4)5/h6-12H,13H2,1-5H3,(H2,23,24,26,27). The predicted octanol–water partition coefficient (Wildman–Crippen LogP) is 5.68. The number of aromatic nitrogens is 2. The molecule has 2 amide bonds. The summed E-state index contributed by atoms with van der Waals surface area (Å²) >= 11 is 1.29. The van der Waals surface area contributed by atoms with Crippen molar-refractivity contribution in [2.45, 2.75) is 46.6 Å². The van der Waals surface area contributed by atoms with E-state index in [0.717, 1.165) is 22.6 Å². The summed E-state index contributed by atoms with van der Waals surface area (Å²) in [7, 11) is 0. The Hall–Kier alpha value is -2.93. The molecule has 1 heterocycles. The number of rotatable bonds is 5. The molecule has 0 aliphatic heterocycles. The molecule has 3 aromatic rings. The summed E-state index contributed by atoms with van der Waals surface area (Å²) in [5.41, 5.74) is 4.20. The summed E-state index contributed by atoms with van der Waals surface area (Å²) in [6.45, 7) is 10.8. The maximum Gasteiger partial charge on any atom is 0.325 e. The Balaban J connectivity index is 1.54. The van der Waals surface area contributed by atoms with Gasteiger partial charge in [-0.15, -0.1) is 10.2 Å². The summed E-state index contributed by atoms with van der Waals surface area (Å²) in [5, 5.41) is 14.7. The molecular weight excluding hydrogens is 384 g/mol. The Morgan fingerprint density at radius 1 is 1.03 bits per heavy atom. The van der Waals surface area contributed by atoms with E-state index < -0.39 is 0 Å². The van der Waals surface area contributed by atoms with Gasteiger partial charge in [-0.05, 0) is 54.2 Å². The van der Waals surface area contributed by atoms with Gasteiger partial charge in [-0.1, -0.05) is 56.4 Å². The van der Waals surface area contributed by atoms with Crippen LogP contribution in [0.3, 0.4) is 0 Å². The third kappa shape index (κ3) is 5.77. The Kier molecular flexibility index (Phi) is 6.17. The van der Waals surface area contributed by atoms with Crippen molar-refractivity contribution < 1.29 is 9.53 Å². The fourth-order valence-corrected chi connectivity index (χ4v) is 3.33. The molecule has 0 aliphatic carbocycles. The number of carbonyl (C=O) groups excluding carboxylic acids is 1. The van der Waals surface area contributed by atoms with Crippen LogP contribution in [0.5, 0.6) is 5.75 Å². The van der Waals surface area contributed by atoms with Gasteiger partial charge in [-0.3, -0.25) is 5.32 Å². The van der Waals surface area contributed by atoms with Gasteiger partial charge in [0.2, 0.25) is 5.13 Å². The third-order valence-corrected chi connectivity index (χ3v) is 5.20. The van der Waals surface area contributed by atoms with Crippen molar-refractivity contribution in [1.82, 2.24) is 10.2 Å². The second-order valence-corrected chi connectivity index (χ2v) is 9.03. The summed E-state index contributed by atoms with van der Waals surface area (Å²) in [4.78, 5) is 12.2. The van der Waals surface area contributed by atoms with Crippen LogP contribution in [0, 0.1) is 13.8 Å². The van der Waals surface area contributed by atoms with Crippen LogP contribution in [0.25, 0.3) is 0 Å². The molecule has 6 nitrogen and oxygen atoms in total. The van der Waals surface area contributed by atoms with Gasteiger partial charge in [0.25, 0.3) is 0 Å². The number of nitrogens with one attached hydrogen (secondary N) is 2. The molecule has 0 unspecified atom stereocenters. The zero-order chi connectivity index (χ0) is 21.0. The first-order valence-corrected chi connectivity index (χ1v) is 10.2. The van der Waals surface area contributed by atoms with Gasteiger partial charge >= 0.3 is 6.03 Å². The number of amides is 2. The summed E-state index contributed by atoms with van der Waals surface area (Å²) in [6.07, 6.45) is 0. The molecule has 0 aliphatic rings. The lowest BCUT2D eigenvalue weighted by molar-refractivity contribution is 0.262. The molecule has 0 saturated heterocycles. The van der Waals surface area contributed by atoms with E-state index in [4.69, 9.17) is 4.74 Å². The lowest BCUT2D eigenvalue weighted by Gasteiger charge is -2.19. The molecule has 0 spiro atoms. The highest BCUT2D eigenvalue weighted by Gasteiger charge is 2.14. The normalized spacial score (nSPS) is 11.2. The molecule has 0 radical (unpaired) electrons. The number of nitrogens with zero attached hydrogens (tertiary/aromatic N) is 2. The van der Waals surface area contributed by atoms with E-state index >= 15 is 0 Å². The van der Waals surface area contributed by atoms with Crippen molar-refractivity contribution in [1.29, 1.82) is 0 Å². The number of carbonyl (C=O) groups is 1. The highest BCUT2D eigenvalue weighted by Crippen LogP contribution is 2.24. The number of hydrogen-bond acceptors (Lipinski definition) is 5. The fourth-order valence-electron chi connectivity index (χ4n) is 2.68. The number of anilines is 2. The molecule has 0 fully saturated rings. The van der Waals surface area contributed by atoms with Gasteiger partial charge in [-0.2, -0.15) is 0 Å². The Bertz CT molecular complexity index is 991. The van der Waals surface area contributed by atoms with Crippen LogP contribution in [0.15, 0.2) is 42.5 Å². The highest BCUT2D eigenvalue weighted by molar-refractivity contribution is 7.15. The Morgan fingerprint density at radius 3 is 2.45 bits per heavy atom. The van der Waals surface area contributed by atoms with Crippen LogP contribution in [-0.4, -0.2) is 16.2 Å². The van der Waals surface area contributed by atoms with Crippen LogP contribution in [0.1, 0.15) is 42.5 Å². The van der Waals surface area contributed by atoms with Crippen molar-refractivity contribution >= 4 is 28.2 Å². The SMILES string of the molecule is Cc1ccc(C)c(OCc2nnc(NC(=O)Nc3ccc(C(C)(C)C)cc3)s2)c1. The smallest absolute Gasteiger partial charge is 0.325 e. The van der Waals surface area contributed by atoms with E-state index in [-0.39, 0.29) is 11.4 Å². The predicted molar refractivity (Wildman–Crippen MR) is 118 cm³/mol. The maximum atomic E-state index is 12.2. The first kappa shape index (κ1) is 20.8. The molecule has 1 aromatic heterocycles. The van der Waals surface area contributed by atoms with Gasteiger partial charge < -0.3 is 10.1 Å². The number of aryl methyl sites for hydroxylation is 2. The third-order valence-electron chi connectivity index (χ3n) is 4.39. The summed E-state index contributed by atoms with van der Waals surface area (Å²) < 4.78 is 5.84. The van der Waals surface area contributed by atoms with Crippen molar-refractivity contribution in [3.05, 3.63) is 64.2 Å². The van der Waals surface area contributed by atoms with E-state index in [2.05, 4.69) is 41.6 Å². The zero-order valence-corrected chi connectivity index (χ0v) is 18.2. The zero-order valence-electron chi connectivity index (χ0n) is 17.4. The van der Waals surface area contributed by atoms with E-state index in [0.29, 0.717) is 16.7 Å². The Labute approximate surface area is 175 Å². The van der Waals surface area contributed by atoms with Crippen LogP contribution in [0.4, 0.5) is 15.6 Å². The summed E-state index contributed by atoms with van der Waals surface area (Å²) in [5.74, 6) is 0.825. The molecular formula is C22H26N4O2S. The average Bonchev–Trinajstić information content (AvgIpc) is 3.09. The van der Waals surface area contributed by atoms with Crippen molar-refractivity contribution in [3.63, 3.8) is 0 Å². The molecule has 0 saturated carbocycles. The van der Waals surface area contributed by atoms with E-state index in [9.17, 15) is 4.79 Å². The van der Waals surface area contributed by atoms with E-state index in [1.807, 2.05) is 56.3 Å². The summed E-state index contributed by atoms with van der Waals surface area (Å²) in [6, 6.07) is 13.5. The second-order valence-electron chi connectivity index (χ2n) is 7.97. The Morgan fingerprint density at radius 2 is 1.76 bits per heavy atom. The monoisotopic (exact) mass is 410 g/mol. The molecule has 2 aromatic carbocycles. The van der Waals surface area contributed by atoms with Gasteiger partial charge in [0.1, 0.15) is 12.4 Å².